The molecule has 0 N–H and O–H groups in total. The smallest absolute Gasteiger partial charge is 0.319 e. The van der Waals surface area contributed by atoms with E-state index in [1.165, 1.54) is 6.08 Å². The van der Waals surface area contributed by atoms with Crippen LogP contribution in [0.15, 0.2) is 55.3 Å². The van der Waals surface area contributed by atoms with Gasteiger partial charge in [-0.2, -0.15) is 15.2 Å². The van der Waals surface area contributed by atoms with Gasteiger partial charge in [0.2, 0.25) is 5.91 Å². The van der Waals surface area contributed by atoms with Crippen molar-refractivity contribution in [1.82, 2.24) is 24.8 Å². The van der Waals surface area contributed by atoms with Crippen LogP contribution in [0.2, 0.25) is 5.02 Å². The molecule has 12 heteroatoms. The van der Waals surface area contributed by atoms with E-state index in [1.807, 2.05) is 29.2 Å². The number of halogens is 2. The fourth-order valence-electron chi connectivity index (χ4n) is 7.20. The van der Waals surface area contributed by atoms with E-state index < -0.39 is 11.9 Å². The van der Waals surface area contributed by atoms with Gasteiger partial charge in [0.15, 0.2) is 5.82 Å². The minimum absolute atomic E-state index is 0.0468. The van der Waals surface area contributed by atoms with Crippen LogP contribution in [-0.4, -0.2) is 95.8 Å². The lowest BCUT2D eigenvalue weighted by atomic mass is 9.84. The van der Waals surface area contributed by atoms with Crippen molar-refractivity contribution in [1.29, 1.82) is 5.26 Å². The monoisotopic (exact) mass is 641 g/mol. The molecule has 3 atom stereocenters. The van der Waals surface area contributed by atoms with E-state index in [2.05, 4.69) is 34.6 Å². The third-order valence-electron chi connectivity index (χ3n) is 9.67. The Balaban J connectivity index is 1.33. The lowest BCUT2D eigenvalue weighted by Crippen LogP contribution is -2.55. The maximum atomic E-state index is 16.8. The first-order valence-corrected chi connectivity index (χ1v) is 15.7. The third kappa shape index (κ3) is 5.11. The van der Waals surface area contributed by atoms with Gasteiger partial charge in [-0.15, -0.1) is 0 Å². The molecule has 5 heterocycles. The number of ether oxygens (including phenoxy) is 2. The number of fused-ring (bicyclic) bond motifs is 3. The summed E-state index contributed by atoms with van der Waals surface area (Å²) in [5.74, 6) is -0.423. The third-order valence-corrected chi connectivity index (χ3v) is 9.99. The van der Waals surface area contributed by atoms with Gasteiger partial charge in [-0.25, -0.2) is 4.39 Å². The van der Waals surface area contributed by atoms with Crippen molar-refractivity contribution in [2.24, 2.45) is 5.41 Å². The van der Waals surface area contributed by atoms with Gasteiger partial charge in [0.05, 0.1) is 37.1 Å². The Bertz CT molecular complexity index is 1900. The van der Waals surface area contributed by atoms with Gasteiger partial charge in [-0.05, 0) is 37.5 Å². The van der Waals surface area contributed by atoms with E-state index in [9.17, 15) is 10.1 Å². The minimum atomic E-state index is -0.617. The summed E-state index contributed by atoms with van der Waals surface area (Å²) in [7, 11) is 2.09. The van der Waals surface area contributed by atoms with Crippen LogP contribution in [0, 0.1) is 22.6 Å². The maximum Gasteiger partial charge on any atom is 0.319 e. The number of nitrogens with zero attached hydrogens (tertiary/aromatic N) is 7. The van der Waals surface area contributed by atoms with Crippen molar-refractivity contribution >= 4 is 45.0 Å². The number of aromatic nitrogens is 3. The molecule has 3 saturated heterocycles. The van der Waals surface area contributed by atoms with Gasteiger partial charge >= 0.3 is 6.01 Å². The molecule has 0 radical (unpaired) electrons. The Kier molecular flexibility index (Phi) is 7.97. The number of piperazine rings is 1. The highest BCUT2D eigenvalue weighted by Gasteiger charge is 2.51. The highest BCUT2D eigenvalue weighted by atomic mass is 35.5. The number of hydrogen-bond donors (Lipinski definition) is 0. The summed E-state index contributed by atoms with van der Waals surface area (Å²) in [5, 5.41) is 12.0. The average molecular weight is 642 g/mol. The summed E-state index contributed by atoms with van der Waals surface area (Å²) in [5.41, 5.74) is 0.528. The molecule has 0 aliphatic carbocycles. The number of likely N-dealkylation sites (tertiary alicyclic amines) is 1. The molecular formula is C34H33ClFN7O3. The molecule has 2 aromatic heterocycles. The molecule has 10 nitrogen and oxygen atoms in total. The molecule has 3 aliphatic rings. The summed E-state index contributed by atoms with van der Waals surface area (Å²) in [4.78, 5) is 32.5. The molecule has 236 valence electrons. The number of nitriles is 1. The summed E-state index contributed by atoms with van der Waals surface area (Å²) in [6, 6.07) is 13.2. The summed E-state index contributed by atoms with van der Waals surface area (Å²) < 4.78 is 28.9. The molecule has 3 fully saturated rings. The number of benzene rings is 2. The largest absolute Gasteiger partial charge is 0.463 e. The van der Waals surface area contributed by atoms with Crippen molar-refractivity contribution in [3.63, 3.8) is 0 Å². The van der Waals surface area contributed by atoms with E-state index in [4.69, 9.17) is 26.1 Å². The van der Waals surface area contributed by atoms with Gasteiger partial charge in [0.25, 0.3) is 0 Å². The van der Waals surface area contributed by atoms with Crippen LogP contribution < -0.4 is 9.64 Å². The zero-order valence-electron chi connectivity index (χ0n) is 25.5. The first-order valence-electron chi connectivity index (χ1n) is 15.3. The molecule has 1 amide bonds. The summed E-state index contributed by atoms with van der Waals surface area (Å²) in [6.45, 7) is 7.14. The number of anilines is 1. The molecule has 0 spiro atoms. The number of carbonyl (C=O) groups is 1. The van der Waals surface area contributed by atoms with Crippen molar-refractivity contribution in [2.75, 3.05) is 57.9 Å². The summed E-state index contributed by atoms with van der Waals surface area (Å²) in [6.07, 6.45) is 3.87. The minimum Gasteiger partial charge on any atom is -0.463 e. The average Bonchev–Trinajstić information content (AvgIpc) is 3.63. The van der Waals surface area contributed by atoms with Gasteiger partial charge in [-0.1, -0.05) is 48.5 Å². The maximum absolute atomic E-state index is 16.8. The van der Waals surface area contributed by atoms with E-state index in [0.717, 1.165) is 18.4 Å². The number of hydrogen-bond acceptors (Lipinski definition) is 9. The zero-order chi connectivity index (χ0) is 32.0. The Morgan fingerprint density at radius 2 is 2.09 bits per heavy atom. The first kappa shape index (κ1) is 30.3. The van der Waals surface area contributed by atoms with E-state index in [0.29, 0.717) is 66.6 Å². The van der Waals surface area contributed by atoms with E-state index in [-0.39, 0.29) is 41.0 Å². The Morgan fingerprint density at radius 1 is 1.26 bits per heavy atom. The Hall–Kier alpha value is -4.37. The standard InChI is InChI=1S/C34H33ClFN7O3/c1-3-27(44)43-15-14-42(17-22(43)10-12-37)32-24-16-38-30(23-8-4-6-21-7-5-9-25(35)28(21)23)29(36)31(24)39-33(40-32)46-20-34-11-13-41(2)26(34)18-45-19-34/h3-9,16,22,26H,1,10-11,13-15,17-20H2,2H3/t22-,26?,34?/m0/s1. The van der Waals surface area contributed by atoms with Crippen LogP contribution in [-0.2, 0) is 9.53 Å². The van der Waals surface area contributed by atoms with Gasteiger partial charge in [-0.3, -0.25) is 9.78 Å². The Labute approximate surface area is 271 Å². The second-order valence-electron chi connectivity index (χ2n) is 12.3. The topological polar surface area (TPSA) is 108 Å². The van der Waals surface area contributed by atoms with Gasteiger partial charge in [0.1, 0.15) is 23.6 Å². The van der Waals surface area contributed by atoms with Crippen molar-refractivity contribution in [2.45, 2.75) is 24.9 Å². The number of rotatable bonds is 7. The van der Waals surface area contributed by atoms with E-state index >= 15 is 4.39 Å². The number of carbonyl (C=O) groups excluding carboxylic acids is 1. The Morgan fingerprint density at radius 3 is 2.89 bits per heavy atom. The molecule has 4 aromatic rings. The van der Waals surface area contributed by atoms with Crippen LogP contribution in [0.3, 0.4) is 0 Å². The highest BCUT2D eigenvalue weighted by Crippen LogP contribution is 2.42. The number of amides is 1. The predicted molar refractivity (Wildman–Crippen MR) is 173 cm³/mol. The number of likely N-dealkylation sites (N-methyl/N-ethyl adjacent to an activating group) is 1. The molecule has 2 unspecified atom stereocenters. The normalized spacial score (nSPS) is 23.1. The lowest BCUT2D eigenvalue weighted by molar-refractivity contribution is -0.128. The van der Waals surface area contributed by atoms with Crippen LogP contribution in [0.5, 0.6) is 6.01 Å². The van der Waals surface area contributed by atoms with Crippen LogP contribution in [0.25, 0.3) is 32.9 Å². The fraction of sp³-hybridized carbons (Fsp3) is 0.382. The molecular weight excluding hydrogens is 609 g/mol. The SMILES string of the molecule is C=CC(=O)N1CCN(c2nc(OCC34CCN(C)C3COC4)nc3c(F)c(-c4cccc5cccc(Cl)c45)ncc23)C[C@@H]1CC#N. The predicted octanol–water partition coefficient (Wildman–Crippen LogP) is 4.85. The molecule has 3 aliphatic heterocycles. The highest BCUT2D eigenvalue weighted by molar-refractivity contribution is 6.36. The summed E-state index contributed by atoms with van der Waals surface area (Å²) >= 11 is 6.60. The van der Waals surface area contributed by atoms with Gasteiger partial charge in [0, 0.05) is 53.3 Å². The first-order chi connectivity index (χ1) is 22.3. The van der Waals surface area contributed by atoms with Crippen LogP contribution in [0.1, 0.15) is 12.8 Å². The van der Waals surface area contributed by atoms with Crippen LogP contribution >= 0.6 is 11.6 Å². The quantitative estimate of drug-likeness (QED) is 0.262. The van der Waals surface area contributed by atoms with Crippen molar-refractivity contribution in [3.8, 4) is 23.3 Å². The molecule has 0 bridgehead atoms. The zero-order valence-corrected chi connectivity index (χ0v) is 26.2. The van der Waals surface area contributed by atoms with E-state index in [1.54, 1.807) is 23.2 Å². The van der Waals surface area contributed by atoms with Gasteiger partial charge < -0.3 is 24.2 Å². The number of pyridine rings is 1. The lowest BCUT2D eigenvalue weighted by Gasteiger charge is -2.41. The van der Waals surface area contributed by atoms with Crippen molar-refractivity contribution < 1.29 is 18.7 Å². The second kappa shape index (κ2) is 12.1. The van der Waals surface area contributed by atoms with Crippen LogP contribution in [0.4, 0.5) is 10.2 Å². The second-order valence-corrected chi connectivity index (χ2v) is 12.7. The van der Waals surface area contributed by atoms with Crippen molar-refractivity contribution in [3.05, 3.63) is 66.1 Å². The molecule has 2 aromatic carbocycles. The molecule has 46 heavy (non-hydrogen) atoms. The fourth-order valence-corrected chi connectivity index (χ4v) is 7.48. The molecule has 7 rings (SSSR count). The molecule has 0 saturated carbocycles.